The predicted molar refractivity (Wildman–Crippen MR) is 70.1 cm³/mol. The van der Waals surface area contributed by atoms with Gasteiger partial charge in [0.05, 0.1) is 0 Å². The maximum atomic E-state index is 11.5. The molecule has 4 fully saturated rings. The van der Waals surface area contributed by atoms with E-state index >= 15 is 0 Å². The van der Waals surface area contributed by atoms with Crippen LogP contribution in [-0.2, 0) is 4.79 Å². The molecule has 18 heavy (non-hydrogen) atoms. The van der Waals surface area contributed by atoms with Crippen molar-refractivity contribution in [3.63, 3.8) is 0 Å². The molecule has 1 atom stereocenters. The Labute approximate surface area is 109 Å². The van der Waals surface area contributed by atoms with E-state index < -0.39 is 11.5 Å². The van der Waals surface area contributed by atoms with Crippen LogP contribution < -0.4 is 5.73 Å². The van der Waals surface area contributed by atoms with Crippen LogP contribution in [0.2, 0.25) is 0 Å². The average Bonchev–Trinajstić information content (AvgIpc) is 2.25. The molecule has 4 saturated carbocycles. The van der Waals surface area contributed by atoms with Gasteiger partial charge in [-0.2, -0.15) is 0 Å². The molecule has 0 saturated heterocycles. The van der Waals surface area contributed by atoms with Gasteiger partial charge in [-0.25, -0.2) is 0 Å². The normalized spacial score (nSPS) is 44.9. The lowest BCUT2D eigenvalue weighted by molar-refractivity contribution is -0.148. The molecule has 4 aliphatic carbocycles. The van der Waals surface area contributed by atoms with E-state index in [1.54, 1.807) is 0 Å². The molecule has 0 aromatic heterocycles. The van der Waals surface area contributed by atoms with Crippen LogP contribution in [0.15, 0.2) is 0 Å². The first-order valence-electron chi connectivity index (χ1n) is 7.47. The summed E-state index contributed by atoms with van der Waals surface area (Å²) in [5, 5.41) is 9.41. The fourth-order valence-corrected chi connectivity index (χ4v) is 5.53. The zero-order valence-corrected chi connectivity index (χ0v) is 11.3. The van der Waals surface area contributed by atoms with E-state index in [0.29, 0.717) is 12.8 Å². The Balaban J connectivity index is 1.81. The lowest BCUT2D eigenvalue weighted by atomic mass is 9.47. The van der Waals surface area contributed by atoms with Crippen molar-refractivity contribution >= 4 is 5.97 Å². The van der Waals surface area contributed by atoms with Gasteiger partial charge in [0.15, 0.2) is 0 Å². The van der Waals surface area contributed by atoms with Crippen LogP contribution in [0.25, 0.3) is 0 Å². The summed E-state index contributed by atoms with van der Waals surface area (Å²) in [6.07, 6.45) is 9.17. The molecule has 1 unspecified atom stereocenters. The molecular formula is C15H25NO2. The second-order valence-electron chi connectivity index (χ2n) is 7.41. The third-order valence-electron chi connectivity index (χ3n) is 5.91. The first-order chi connectivity index (χ1) is 8.45. The minimum absolute atomic E-state index is 0.262. The van der Waals surface area contributed by atoms with E-state index in [1.807, 2.05) is 6.92 Å². The monoisotopic (exact) mass is 251 g/mol. The van der Waals surface area contributed by atoms with Crippen LogP contribution in [-0.4, -0.2) is 16.6 Å². The van der Waals surface area contributed by atoms with E-state index in [-0.39, 0.29) is 5.41 Å². The van der Waals surface area contributed by atoms with Gasteiger partial charge in [-0.05, 0) is 74.5 Å². The minimum atomic E-state index is -0.994. The maximum absolute atomic E-state index is 11.5. The van der Waals surface area contributed by atoms with Gasteiger partial charge in [0.1, 0.15) is 5.54 Å². The lowest BCUT2D eigenvalue weighted by Crippen LogP contribution is -2.55. The highest BCUT2D eigenvalue weighted by Crippen LogP contribution is 2.62. The standard InChI is InChI=1S/C15H25NO2/c1-2-15(16,13(17)18)9-14-6-10-3-11(7-14)5-12(4-10)8-14/h10-12H,2-9,16H2,1H3,(H,17,18). The Kier molecular flexibility index (Phi) is 2.74. The smallest absolute Gasteiger partial charge is 0.323 e. The molecule has 3 N–H and O–H groups in total. The van der Waals surface area contributed by atoms with Gasteiger partial charge in [-0.1, -0.05) is 6.92 Å². The molecule has 4 rings (SSSR count). The molecule has 0 aromatic carbocycles. The van der Waals surface area contributed by atoms with Gasteiger partial charge in [0.25, 0.3) is 0 Å². The number of rotatable bonds is 4. The highest BCUT2D eigenvalue weighted by Gasteiger charge is 2.53. The molecule has 0 heterocycles. The van der Waals surface area contributed by atoms with Crippen molar-refractivity contribution in [3.8, 4) is 0 Å². The lowest BCUT2D eigenvalue weighted by Gasteiger charge is -2.58. The Morgan fingerprint density at radius 3 is 2.00 bits per heavy atom. The van der Waals surface area contributed by atoms with Crippen molar-refractivity contribution in [2.45, 2.75) is 63.8 Å². The molecule has 0 radical (unpaired) electrons. The summed E-state index contributed by atoms with van der Waals surface area (Å²) < 4.78 is 0. The number of hydrogen-bond acceptors (Lipinski definition) is 2. The first-order valence-corrected chi connectivity index (χ1v) is 7.47. The first kappa shape index (κ1) is 12.5. The van der Waals surface area contributed by atoms with E-state index in [0.717, 1.165) is 17.8 Å². The fourth-order valence-electron chi connectivity index (χ4n) is 5.53. The van der Waals surface area contributed by atoms with Crippen LogP contribution >= 0.6 is 0 Å². The van der Waals surface area contributed by atoms with Gasteiger partial charge < -0.3 is 10.8 Å². The van der Waals surface area contributed by atoms with Gasteiger partial charge >= 0.3 is 5.97 Å². The highest BCUT2D eigenvalue weighted by atomic mass is 16.4. The Morgan fingerprint density at radius 2 is 1.67 bits per heavy atom. The van der Waals surface area contributed by atoms with Gasteiger partial charge in [-0.15, -0.1) is 0 Å². The third-order valence-corrected chi connectivity index (χ3v) is 5.91. The minimum Gasteiger partial charge on any atom is -0.480 e. The summed E-state index contributed by atoms with van der Waals surface area (Å²) in [7, 11) is 0. The maximum Gasteiger partial charge on any atom is 0.323 e. The predicted octanol–water partition coefficient (Wildman–Crippen LogP) is 2.79. The highest BCUT2D eigenvalue weighted by molar-refractivity contribution is 5.78. The van der Waals surface area contributed by atoms with Gasteiger partial charge in [-0.3, -0.25) is 4.79 Å². The average molecular weight is 251 g/mol. The Morgan fingerprint density at radius 1 is 1.22 bits per heavy atom. The SMILES string of the molecule is CCC(N)(CC12CC3CC(CC(C3)C1)C2)C(=O)O. The van der Waals surface area contributed by atoms with Crippen molar-refractivity contribution in [1.82, 2.24) is 0 Å². The molecule has 0 amide bonds. The molecule has 0 aliphatic heterocycles. The summed E-state index contributed by atoms with van der Waals surface area (Å²) in [6.45, 7) is 1.91. The largest absolute Gasteiger partial charge is 0.480 e. The molecule has 3 nitrogen and oxygen atoms in total. The summed E-state index contributed by atoms with van der Waals surface area (Å²) in [5.41, 5.74) is 5.43. The Bertz CT molecular complexity index is 330. The topological polar surface area (TPSA) is 63.3 Å². The number of aliphatic carboxylic acids is 1. The van der Waals surface area contributed by atoms with E-state index in [4.69, 9.17) is 5.73 Å². The van der Waals surface area contributed by atoms with Crippen molar-refractivity contribution in [3.05, 3.63) is 0 Å². The van der Waals surface area contributed by atoms with Crippen molar-refractivity contribution < 1.29 is 9.90 Å². The zero-order valence-electron chi connectivity index (χ0n) is 11.3. The summed E-state index contributed by atoms with van der Waals surface area (Å²) in [5.74, 6) is 1.80. The fraction of sp³-hybridized carbons (Fsp3) is 0.933. The van der Waals surface area contributed by atoms with Crippen LogP contribution in [0.4, 0.5) is 0 Å². The Hall–Kier alpha value is -0.570. The molecule has 4 aliphatic rings. The van der Waals surface area contributed by atoms with Crippen LogP contribution in [0.1, 0.15) is 58.3 Å². The van der Waals surface area contributed by atoms with Crippen LogP contribution in [0.5, 0.6) is 0 Å². The zero-order chi connectivity index (χ0) is 13.0. The molecule has 0 aromatic rings. The number of hydrogen-bond donors (Lipinski definition) is 2. The van der Waals surface area contributed by atoms with Crippen molar-refractivity contribution in [2.24, 2.45) is 28.9 Å². The number of carbonyl (C=O) groups is 1. The number of carboxylic acids is 1. The summed E-state index contributed by atoms with van der Waals surface area (Å²) >= 11 is 0. The summed E-state index contributed by atoms with van der Waals surface area (Å²) in [6, 6.07) is 0. The second kappa shape index (κ2) is 3.96. The molecule has 0 spiro atoms. The van der Waals surface area contributed by atoms with Gasteiger partial charge in [0.2, 0.25) is 0 Å². The third kappa shape index (κ3) is 1.87. The van der Waals surface area contributed by atoms with E-state index in [2.05, 4.69) is 0 Å². The molecule has 4 bridgehead atoms. The van der Waals surface area contributed by atoms with E-state index in [9.17, 15) is 9.90 Å². The molecule has 102 valence electrons. The summed E-state index contributed by atoms with van der Waals surface area (Å²) in [4.78, 5) is 11.5. The van der Waals surface area contributed by atoms with Gasteiger partial charge in [0, 0.05) is 0 Å². The van der Waals surface area contributed by atoms with Crippen molar-refractivity contribution in [2.75, 3.05) is 0 Å². The second-order valence-corrected chi connectivity index (χ2v) is 7.41. The number of carboxylic acid groups (broad SMARTS) is 1. The van der Waals surface area contributed by atoms with Crippen LogP contribution in [0, 0.1) is 23.2 Å². The molecule has 3 heteroatoms. The van der Waals surface area contributed by atoms with Crippen molar-refractivity contribution in [1.29, 1.82) is 0 Å². The van der Waals surface area contributed by atoms with Crippen LogP contribution in [0.3, 0.4) is 0 Å². The quantitative estimate of drug-likeness (QED) is 0.807. The molecular weight excluding hydrogens is 226 g/mol. The number of nitrogens with two attached hydrogens (primary N) is 1. The van der Waals surface area contributed by atoms with E-state index in [1.165, 1.54) is 38.5 Å².